The summed E-state index contributed by atoms with van der Waals surface area (Å²) in [4.78, 5) is 11.6. The van der Waals surface area contributed by atoms with Crippen LogP contribution < -0.4 is 10.9 Å². The number of fused-ring (bicyclic) bond motifs is 1. The molecule has 0 aliphatic heterocycles. The number of thiophene rings is 1. The summed E-state index contributed by atoms with van der Waals surface area (Å²) in [5.41, 5.74) is 5.88. The molecule has 0 bridgehead atoms. The maximum absolute atomic E-state index is 11.5. The van der Waals surface area contributed by atoms with Crippen molar-refractivity contribution in [2.24, 2.45) is 5.14 Å². The average molecular weight is 286 g/mol. The molecule has 0 saturated carbocycles. The Morgan fingerprint density at radius 3 is 2.61 bits per heavy atom. The van der Waals surface area contributed by atoms with Crippen molar-refractivity contribution in [3.05, 3.63) is 23.1 Å². The summed E-state index contributed by atoms with van der Waals surface area (Å²) in [6.45, 7) is 0. The standard InChI is InChI=1S/C10H10N2O4S2/c1-16-10(13)9-8(11)7-5(17-9)3-2-4-6(7)18(12,14)15/h2-4H,11H2,1H3,(H2,12,14,15). The normalized spacial score (nSPS) is 11.7. The molecule has 2 rings (SSSR count). The van der Waals surface area contributed by atoms with Crippen LogP contribution in [0.3, 0.4) is 0 Å². The van der Waals surface area contributed by atoms with Crippen LogP contribution in [0.4, 0.5) is 5.69 Å². The number of primary sulfonamides is 1. The molecule has 1 heterocycles. The van der Waals surface area contributed by atoms with Crippen molar-refractivity contribution in [3.8, 4) is 0 Å². The second-order valence-corrected chi connectivity index (χ2v) is 6.09. The van der Waals surface area contributed by atoms with Gasteiger partial charge in [0.05, 0.1) is 17.7 Å². The second-order valence-electron chi connectivity index (χ2n) is 3.51. The van der Waals surface area contributed by atoms with Crippen molar-refractivity contribution in [1.82, 2.24) is 0 Å². The van der Waals surface area contributed by atoms with E-state index in [1.54, 1.807) is 12.1 Å². The molecule has 2 aromatic rings. The molecule has 1 aromatic heterocycles. The van der Waals surface area contributed by atoms with E-state index >= 15 is 0 Å². The van der Waals surface area contributed by atoms with Crippen LogP contribution >= 0.6 is 11.3 Å². The predicted molar refractivity (Wildman–Crippen MR) is 69.0 cm³/mol. The number of sulfonamides is 1. The van der Waals surface area contributed by atoms with Gasteiger partial charge < -0.3 is 10.5 Å². The fraction of sp³-hybridized carbons (Fsp3) is 0.100. The van der Waals surface area contributed by atoms with Gasteiger partial charge in [0.25, 0.3) is 0 Å². The van der Waals surface area contributed by atoms with Crippen molar-refractivity contribution in [3.63, 3.8) is 0 Å². The van der Waals surface area contributed by atoms with Crippen molar-refractivity contribution in [2.45, 2.75) is 4.90 Å². The van der Waals surface area contributed by atoms with Crippen LogP contribution in [-0.4, -0.2) is 21.5 Å². The molecule has 0 aliphatic rings. The third kappa shape index (κ3) is 1.94. The van der Waals surface area contributed by atoms with Gasteiger partial charge in [-0.1, -0.05) is 6.07 Å². The molecule has 1 aromatic carbocycles. The SMILES string of the molecule is COC(=O)c1sc2cccc(S(N)(=O)=O)c2c1N. The van der Waals surface area contributed by atoms with E-state index in [1.165, 1.54) is 13.2 Å². The summed E-state index contributed by atoms with van der Waals surface area (Å²) in [7, 11) is -2.67. The molecule has 4 N–H and O–H groups in total. The van der Waals surface area contributed by atoms with Gasteiger partial charge in [0.15, 0.2) is 0 Å². The van der Waals surface area contributed by atoms with E-state index in [9.17, 15) is 13.2 Å². The molecule has 8 heteroatoms. The molecule has 0 fully saturated rings. The number of hydrogen-bond acceptors (Lipinski definition) is 6. The largest absolute Gasteiger partial charge is 0.465 e. The highest BCUT2D eigenvalue weighted by Crippen LogP contribution is 2.37. The van der Waals surface area contributed by atoms with Gasteiger partial charge in [-0.3, -0.25) is 0 Å². The van der Waals surface area contributed by atoms with Crippen molar-refractivity contribution in [1.29, 1.82) is 0 Å². The summed E-state index contributed by atoms with van der Waals surface area (Å²) < 4.78 is 28.1. The molecule has 0 spiro atoms. The van der Waals surface area contributed by atoms with E-state index in [1.807, 2.05) is 0 Å². The average Bonchev–Trinajstić information content (AvgIpc) is 2.65. The third-order valence-corrected chi connectivity index (χ3v) is 4.50. The number of hydrogen-bond donors (Lipinski definition) is 2. The Morgan fingerprint density at radius 1 is 1.39 bits per heavy atom. The lowest BCUT2D eigenvalue weighted by Gasteiger charge is -2.01. The number of nitrogens with two attached hydrogens (primary N) is 2. The van der Waals surface area contributed by atoms with Gasteiger partial charge in [-0.25, -0.2) is 18.4 Å². The van der Waals surface area contributed by atoms with Crippen LogP contribution in [0.2, 0.25) is 0 Å². The van der Waals surface area contributed by atoms with Gasteiger partial charge in [-0.05, 0) is 12.1 Å². The summed E-state index contributed by atoms with van der Waals surface area (Å²) in [6.07, 6.45) is 0. The van der Waals surface area contributed by atoms with Gasteiger partial charge in [-0.2, -0.15) is 0 Å². The van der Waals surface area contributed by atoms with E-state index in [2.05, 4.69) is 4.74 Å². The third-order valence-electron chi connectivity index (χ3n) is 2.39. The first kappa shape index (κ1) is 12.8. The molecule has 0 atom stereocenters. The Balaban J connectivity index is 2.87. The Morgan fingerprint density at radius 2 is 2.06 bits per heavy atom. The number of carbonyl (C=O) groups is 1. The van der Waals surface area contributed by atoms with Gasteiger partial charge in [-0.15, -0.1) is 11.3 Å². The summed E-state index contributed by atoms with van der Waals surface area (Å²) >= 11 is 1.07. The Hall–Kier alpha value is -1.64. The maximum atomic E-state index is 11.5. The molecule has 0 aliphatic carbocycles. The van der Waals surface area contributed by atoms with Gasteiger partial charge in [0, 0.05) is 10.1 Å². The minimum absolute atomic E-state index is 0.0754. The van der Waals surface area contributed by atoms with Crippen LogP contribution in [0.5, 0.6) is 0 Å². The fourth-order valence-corrected chi connectivity index (χ4v) is 3.53. The summed E-state index contributed by atoms with van der Waals surface area (Å²) in [6, 6.07) is 4.55. The first-order valence-corrected chi connectivity index (χ1v) is 7.14. The predicted octanol–water partition coefficient (Wildman–Crippen LogP) is 0.918. The zero-order valence-corrected chi connectivity index (χ0v) is 11.0. The van der Waals surface area contributed by atoms with E-state index < -0.39 is 16.0 Å². The van der Waals surface area contributed by atoms with Crippen LogP contribution in [0.1, 0.15) is 9.67 Å². The Kier molecular flexibility index (Phi) is 3.01. The zero-order valence-electron chi connectivity index (χ0n) is 9.34. The highest BCUT2D eigenvalue weighted by atomic mass is 32.2. The van der Waals surface area contributed by atoms with Crippen LogP contribution in [0.15, 0.2) is 23.1 Å². The number of methoxy groups -OCH3 is 1. The molecular formula is C10H10N2O4S2. The molecule has 0 amide bonds. The first-order chi connectivity index (χ1) is 8.36. The number of anilines is 1. The summed E-state index contributed by atoms with van der Waals surface area (Å²) in [5, 5.41) is 5.38. The highest BCUT2D eigenvalue weighted by Gasteiger charge is 2.22. The van der Waals surface area contributed by atoms with Gasteiger partial charge in [0.2, 0.25) is 10.0 Å². The lowest BCUT2D eigenvalue weighted by Crippen LogP contribution is -2.12. The lowest BCUT2D eigenvalue weighted by molar-refractivity contribution is 0.0607. The van der Waals surface area contributed by atoms with Gasteiger partial charge in [0.1, 0.15) is 4.88 Å². The number of benzene rings is 1. The van der Waals surface area contributed by atoms with Crippen molar-refractivity contribution < 1.29 is 17.9 Å². The number of ether oxygens (including phenoxy) is 1. The molecule has 6 nitrogen and oxygen atoms in total. The quantitative estimate of drug-likeness (QED) is 0.797. The van der Waals surface area contributed by atoms with Crippen LogP contribution in [0.25, 0.3) is 10.1 Å². The minimum atomic E-state index is -3.90. The molecule has 0 radical (unpaired) electrons. The molecule has 0 unspecified atom stereocenters. The van der Waals surface area contributed by atoms with Crippen LogP contribution in [0, 0.1) is 0 Å². The second kappa shape index (κ2) is 4.23. The highest BCUT2D eigenvalue weighted by molar-refractivity contribution is 7.89. The molecule has 96 valence electrons. The summed E-state index contributed by atoms with van der Waals surface area (Å²) in [5.74, 6) is -0.603. The number of carbonyl (C=O) groups excluding carboxylic acids is 1. The van der Waals surface area contributed by atoms with Crippen LogP contribution in [-0.2, 0) is 14.8 Å². The smallest absolute Gasteiger partial charge is 0.350 e. The molecule has 0 saturated heterocycles. The van der Waals surface area contributed by atoms with Crippen molar-refractivity contribution in [2.75, 3.05) is 12.8 Å². The zero-order chi connectivity index (χ0) is 13.5. The number of nitrogen functional groups attached to an aromatic ring is 1. The Labute approximate surface area is 107 Å². The molecular weight excluding hydrogens is 276 g/mol. The van der Waals surface area contributed by atoms with E-state index in [0.717, 1.165) is 11.3 Å². The number of rotatable bonds is 2. The fourth-order valence-electron chi connectivity index (χ4n) is 1.62. The van der Waals surface area contributed by atoms with E-state index in [4.69, 9.17) is 10.9 Å². The monoisotopic (exact) mass is 286 g/mol. The van der Waals surface area contributed by atoms with Crippen molar-refractivity contribution >= 4 is 43.1 Å². The van der Waals surface area contributed by atoms with E-state index in [0.29, 0.717) is 4.70 Å². The maximum Gasteiger partial charge on any atom is 0.350 e. The van der Waals surface area contributed by atoms with Gasteiger partial charge >= 0.3 is 5.97 Å². The van der Waals surface area contributed by atoms with E-state index in [-0.39, 0.29) is 20.8 Å². The molecule has 18 heavy (non-hydrogen) atoms. The first-order valence-electron chi connectivity index (χ1n) is 4.78. The lowest BCUT2D eigenvalue weighted by atomic mass is 10.2. The number of esters is 1. The topological polar surface area (TPSA) is 112 Å². The Bertz CT molecular complexity index is 734. The minimum Gasteiger partial charge on any atom is -0.465 e.